The number of hydrogen-bond donors (Lipinski definition) is 2. The van der Waals surface area contributed by atoms with Gasteiger partial charge in [-0.15, -0.1) is 0 Å². The highest BCUT2D eigenvalue weighted by Crippen LogP contribution is 2.46. The molecule has 4 aromatic rings. The average Bonchev–Trinajstić information content (AvgIpc) is 2.82. The summed E-state index contributed by atoms with van der Waals surface area (Å²) in [6, 6.07) is 42.6. The molecule has 0 bridgehead atoms. The van der Waals surface area contributed by atoms with Gasteiger partial charge in [0.1, 0.15) is 0 Å². The highest BCUT2D eigenvalue weighted by molar-refractivity contribution is 5.44. The van der Waals surface area contributed by atoms with Crippen molar-refractivity contribution in [1.29, 1.82) is 0 Å². The van der Waals surface area contributed by atoms with Gasteiger partial charge < -0.3 is 0 Å². The van der Waals surface area contributed by atoms with Crippen molar-refractivity contribution in [3.63, 3.8) is 0 Å². The van der Waals surface area contributed by atoms with Crippen LogP contribution in [0.3, 0.4) is 0 Å². The van der Waals surface area contributed by atoms with Crippen LogP contribution >= 0.6 is 0 Å². The lowest BCUT2D eigenvalue weighted by molar-refractivity contribution is 0.286. The van der Waals surface area contributed by atoms with E-state index >= 15 is 0 Å². The van der Waals surface area contributed by atoms with E-state index in [0.717, 1.165) is 0 Å². The molecule has 0 aliphatic rings. The Morgan fingerprint density at radius 3 is 0.933 bits per heavy atom. The van der Waals surface area contributed by atoms with E-state index in [0.29, 0.717) is 0 Å². The van der Waals surface area contributed by atoms with Crippen LogP contribution in [0.15, 0.2) is 121 Å². The molecule has 0 unspecified atom stereocenters. The summed E-state index contributed by atoms with van der Waals surface area (Å²) in [5.41, 5.74) is 7.74. The van der Waals surface area contributed by atoms with E-state index in [4.69, 9.17) is 5.84 Å². The van der Waals surface area contributed by atoms with Crippen molar-refractivity contribution in [3.05, 3.63) is 144 Å². The molecule has 0 spiro atoms. The number of nitrogens with two attached hydrogens (primary N) is 1. The highest BCUT2D eigenvalue weighted by atomic mass is 15.3. The normalized spacial score (nSPS) is 11.7. The molecule has 3 N–H and O–H groups in total. The zero-order valence-corrected chi connectivity index (χ0v) is 17.3. The Morgan fingerprint density at radius 1 is 0.500 bits per heavy atom. The van der Waals surface area contributed by atoms with E-state index in [-0.39, 0.29) is 11.8 Å². The van der Waals surface area contributed by atoms with Crippen LogP contribution in [0.5, 0.6) is 0 Å². The molecule has 2 heteroatoms. The van der Waals surface area contributed by atoms with Gasteiger partial charge in [-0.1, -0.05) is 121 Å². The first kappa shape index (κ1) is 20.1. The molecule has 0 saturated carbocycles. The Balaban J connectivity index is 1.95. The molecular weight excluding hydrogens is 364 g/mol. The average molecular weight is 393 g/mol. The standard InChI is InChI=1S/C28H28N2/c1-28(30-29,26(22-14-6-2-7-15-22)23-16-8-3-9-17-23)27(24-18-10-4-11-19-24)25-20-12-5-13-21-25/h2-21,26-27,30H,29H2,1H3. The molecule has 0 aliphatic carbocycles. The summed E-state index contributed by atoms with van der Waals surface area (Å²) in [6.45, 7) is 2.24. The third-order valence-electron chi connectivity index (χ3n) is 6.04. The maximum atomic E-state index is 6.41. The third kappa shape index (κ3) is 3.93. The third-order valence-corrected chi connectivity index (χ3v) is 6.04. The van der Waals surface area contributed by atoms with Gasteiger partial charge in [0.25, 0.3) is 0 Å². The van der Waals surface area contributed by atoms with Gasteiger partial charge in [0, 0.05) is 11.8 Å². The van der Waals surface area contributed by atoms with Gasteiger partial charge in [0.2, 0.25) is 0 Å². The Labute approximate surface area is 179 Å². The Hall–Kier alpha value is -3.20. The molecule has 0 atom stereocenters. The van der Waals surface area contributed by atoms with Crippen molar-refractivity contribution in [2.75, 3.05) is 0 Å². The van der Waals surface area contributed by atoms with Crippen LogP contribution in [-0.2, 0) is 0 Å². The molecule has 0 aromatic heterocycles. The van der Waals surface area contributed by atoms with E-state index in [2.05, 4.69) is 134 Å². The van der Waals surface area contributed by atoms with Crippen LogP contribution in [0.4, 0.5) is 0 Å². The zero-order chi connectivity index (χ0) is 20.8. The molecular formula is C28H28N2. The Morgan fingerprint density at radius 2 is 0.733 bits per heavy atom. The fourth-order valence-corrected chi connectivity index (χ4v) is 4.69. The second-order valence-corrected chi connectivity index (χ2v) is 7.94. The molecule has 30 heavy (non-hydrogen) atoms. The van der Waals surface area contributed by atoms with E-state index in [1.807, 2.05) is 0 Å². The van der Waals surface area contributed by atoms with Crippen LogP contribution in [0.1, 0.15) is 41.0 Å². The molecule has 0 heterocycles. The maximum Gasteiger partial charge on any atom is 0.0510 e. The summed E-state index contributed by atoms with van der Waals surface area (Å²) in [4.78, 5) is 0. The lowest BCUT2D eigenvalue weighted by Gasteiger charge is -2.44. The minimum absolute atomic E-state index is 0.0512. The number of nitrogens with one attached hydrogen (secondary N) is 1. The fourth-order valence-electron chi connectivity index (χ4n) is 4.69. The van der Waals surface area contributed by atoms with Crippen molar-refractivity contribution in [3.8, 4) is 0 Å². The van der Waals surface area contributed by atoms with Gasteiger partial charge >= 0.3 is 0 Å². The molecule has 150 valence electrons. The van der Waals surface area contributed by atoms with Gasteiger partial charge in [-0.05, 0) is 29.2 Å². The monoisotopic (exact) mass is 392 g/mol. The SMILES string of the molecule is CC(NN)(C(c1ccccc1)c1ccccc1)C(c1ccccc1)c1ccccc1. The molecule has 0 radical (unpaired) electrons. The summed E-state index contributed by atoms with van der Waals surface area (Å²) >= 11 is 0. The van der Waals surface area contributed by atoms with Crippen LogP contribution in [-0.4, -0.2) is 5.54 Å². The quantitative estimate of drug-likeness (QED) is 0.305. The van der Waals surface area contributed by atoms with E-state index < -0.39 is 5.54 Å². The molecule has 4 aromatic carbocycles. The van der Waals surface area contributed by atoms with E-state index in [1.165, 1.54) is 22.3 Å². The van der Waals surface area contributed by atoms with E-state index in [1.54, 1.807) is 0 Å². The summed E-state index contributed by atoms with van der Waals surface area (Å²) in [5, 5.41) is 0. The first-order valence-corrected chi connectivity index (χ1v) is 10.4. The van der Waals surface area contributed by atoms with Crippen LogP contribution in [0, 0.1) is 0 Å². The minimum atomic E-state index is -0.481. The van der Waals surface area contributed by atoms with Crippen molar-refractivity contribution >= 4 is 0 Å². The Bertz CT molecular complexity index is 869. The number of hydrogen-bond acceptors (Lipinski definition) is 2. The molecule has 4 rings (SSSR count). The molecule has 0 aliphatic heterocycles. The number of benzene rings is 4. The smallest absolute Gasteiger partial charge is 0.0510 e. The van der Waals surface area contributed by atoms with Crippen LogP contribution in [0.25, 0.3) is 0 Å². The van der Waals surface area contributed by atoms with Gasteiger partial charge in [-0.3, -0.25) is 11.3 Å². The molecule has 0 fully saturated rings. The van der Waals surface area contributed by atoms with Gasteiger partial charge in [-0.25, -0.2) is 0 Å². The van der Waals surface area contributed by atoms with Crippen LogP contribution in [0.2, 0.25) is 0 Å². The van der Waals surface area contributed by atoms with Crippen molar-refractivity contribution in [2.45, 2.75) is 24.3 Å². The highest BCUT2D eigenvalue weighted by Gasteiger charge is 2.43. The fraction of sp³-hybridized carbons (Fsp3) is 0.143. The zero-order valence-electron chi connectivity index (χ0n) is 17.3. The summed E-state index contributed by atoms with van der Waals surface area (Å²) in [5.74, 6) is 6.51. The number of hydrazine groups is 1. The molecule has 0 saturated heterocycles. The first-order valence-electron chi connectivity index (χ1n) is 10.4. The summed E-state index contributed by atoms with van der Waals surface area (Å²) in [6.07, 6.45) is 0. The Kier molecular flexibility index (Phi) is 6.08. The second kappa shape index (κ2) is 9.08. The van der Waals surface area contributed by atoms with E-state index in [9.17, 15) is 0 Å². The predicted octanol–water partition coefficient (Wildman–Crippen LogP) is 5.87. The maximum absolute atomic E-state index is 6.41. The largest absolute Gasteiger partial charge is 0.271 e. The van der Waals surface area contributed by atoms with Gasteiger partial charge in [0.05, 0.1) is 5.54 Å². The van der Waals surface area contributed by atoms with Gasteiger partial charge in [0.15, 0.2) is 0 Å². The topological polar surface area (TPSA) is 38.0 Å². The molecule has 2 nitrogen and oxygen atoms in total. The lowest BCUT2D eigenvalue weighted by Crippen LogP contribution is -2.56. The van der Waals surface area contributed by atoms with Gasteiger partial charge in [-0.2, -0.15) is 0 Å². The minimum Gasteiger partial charge on any atom is -0.271 e. The second-order valence-electron chi connectivity index (χ2n) is 7.94. The van der Waals surface area contributed by atoms with Crippen molar-refractivity contribution in [2.24, 2.45) is 5.84 Å². The predicted molar refractivity (Wildman–Crippen MR) is 125 cm³/mol. The van der Waals surface area contributed by atoms with Crippen LogP contribution < -0.4 is 11.3 Å². The summed E-state index contributed by atoms with van der Waals surface area (Å²) in [7, 11) is 0. The lowest BCUT2D eigenvalue weighted by atomic mass is 9.65. The molecule has 0 amide bonds. The van der Waals surface area contributed by atoms with Crippen molar-refractivity contribution < 1.29 is 0 Å². The number of rotatable bonds is 7. The summed E-state index contributed by atoms with van der Waals surface area (Å²) < 4.78 is 0. The van der Waals surface area contributed by atoms with Crippen molar-refractivity contribution in [1.82, 2.24) is 5.43 Å². The first-order chi connectivity index (χ1) is 14.7.